The fourth-order valence-electron chi connectivity index (χ4n) is 2.01. The average molecular weight is 280 g/mol. The summed E-state index contributed by atoms with van der Waals surface area (Å²) in [6, 6.07) is 14.5. The predicted molar refractivity (Wildman–Crippen MR) is 82.3 cm³/mol. The van der Waals surface area contributed by atoms with Crippen molar-refractivity contribution in [2.24, 2.45) is 0 Å². The highest BCUT2D eigenvalue weighted by Crippen LogP contribution is 2.14. The molecule has 0 atom stereocenters. The van der Waals surface area contributed by atoms with Crippen LogP contribution in [-0.4, -0.2) is 18.9 Å². The van der Waals surface area contributed by atoms with E-state index in [1.807, 2.05) is 30.3 Å². The number of allylic oxidation sites excluding steroid dienone is 1. The van der Waals surface area contributed by atoms with E-state index in [2.05, 4.69) is 4.74 Å². The Balaban J connectivity index is 2.20. The van der Waals surface area contributed by atoms with Crippen LogP contribution in [0.1, 0.15) is 31.8 Å². The van der Waals surface area contributed by atoms with Gasteiger partial charge < -0.3 is 4.74 Å². The van der Waals surface area contributed by atoms with Crippen LogP contribution >= 0.6 is 0 Å². The number of carbonyl (C=O) groups excluding carboxylic acids is 2. The van der Waals surface area contributed by atoms with E-state index in [1.165, 1.54) is 13.2 Å². The van der Waals surface area contributed by atoms with Gasteiger partial charge >= 0.3 is 5.97 Å². The molecule has 21 heavy (non-hydrogen) atoms. The maximum Gasteiger partial charge on any atom is 0.337 e. The maximum absolute atomic E-state index is 12.2. The zero-order valence-corrected chi connectivity index (χ0v) is 12.0. The summed E-state index contributed by atoms with van der Waals surface area (Å²) in [5.74, 6) is -0.496. The molecule has 0 aliphatic heterocycles. The van der Waals surface area contributed by atoms with Crippen LogP contribution in [0.4, 0.5) is 0 Å². The largest absolute Gasteiger partial charge is 0.465 e. The molecule has 106 valence electrons. The van der Waals surface area contributed by atoms with Crippen LogP contribution in [0, 0.1) is 6.92 Å². The van der Waals surface area contributed by atoms with Gasteiger partial charge in [-0.15, -0.1) is 0 Å². The molecule has 3 heteroatoms. The number of hydrogen-bond donors (Lipinski definition) is 0. The van der Waals surface area contributed by atoms with Crippen molar-refractivity contribution in [1.82, 2.24) is 0 Å². The summed E-state index contributed by atoms with van der Waals surface area (Å²) >= 11 is 0. The summed E-state index contributed by atoms with van der Waals surface area (Å²) in [6.07, 6.45) is 3.31. The molecule has 0 aromatic heterocycles. The van der Waals surface area contributed by atoms with Gasteiger partial charge in [0.25, 0.3) is 0 Å². The molecule has 0 radical (unpaired) electrons. The highest BCUT2D eigenvalue weighted by molar-refractivity contribution is 6.08. The molecule has 0 amide bonds. The van der Waals surface area contributed by atoms with Crippen LogP contribution < -0.4 is 0 Å². The Morgan fingerprint density at radius 3 is 2.38 bits per heavy atom. The number of esters is 1. The number of ether oxygens (including phenoxy) is 1. The van der Waals surface area contributed by atoms with E-state index in [-0.39, 0.29) is 5.78 Å². The monoisotopic (exact) mass is 280 g/mol. The first-order valence-electron chi connectivity index (χ1n) is 6.58. The van der Waals surface area contributed by atoms with Crippen molar-refractivity contribution in [3.63, 3.8) is 0 Å². The molecular formula is C18H16O3. The molecule has 0 spiro atoms. The molecular weight excluding hydrogens is 264 g/mol. The van der Waals surface area contributed by atoms with E-state index in [9.17, 15) is 9.59 Å². The van der Waals surface area contributed by atoms with Crippen LogP contribution in [-0.2, 0) is 4.74 Å². The number of rotatable bonds is 4. The van der Waals surface area contributed by atoms with Crippen LogP contribution in [0.15, 0.2) is 54.6 Å². The van der Waals surface area contributed by atoms with Crippen molar-refractivity contribution >= 4 is 17.8 Å². The molecule has 0 fully saturated rings. The van der Waals surface area contributed by atoms with Gasteiger partial charge in [0.1, 0.15) is 0 Å². The number of benzene rings is 2. The molecule has 0 saturated carbocycles. The lowest BCUT2D eigenvalue weighted by atomic mass is 10.0. The molecule has 0 aliphatic carbocycles. The lowest BCUT2D eigenvalue weighted by Gasteiger charge is -2.05. The minimum atomic E-state index is -0.406. The second kappa shape index (κ2) is 6.66. The molecule has 2 aromatic rings. The normalized spacial score (nSPS) is 10.6. The molecule has 0 N–H and O–H groups in total. The summed E-state index contributed by atoms with van der Waals surface area (Å²) in [4.78, 5) is 23.6. The molecule has 0 heterocycles. The molecule has 0 bridgehead atoms. The SMILES string of the molecule is COC(=O)c1ccc(C(=O)/C=C/c2ccccc2)c(C)c1. The Morgan fingerprint density at radius 2 is 1.76 bits per heavy atom. The fourth-order valence-corrected chi connectivity index (χ4v) is 2.01. The quantitative estimate of drug-likeness (QED) is 0.487. The molecule has 2 rings (SSSR count). The molecule has 0 saturated heterocycles. The summed E-state index contributed by atoms with van der Waals surface area (Å²) in [7, 11) is 1.33. The number of ketones is 1. The highest BCUT2D eigenvalue weighted by Gasteiger charge is 2.10. The van der Waals surface area contributed by atoms with Crippen LogP contribution in [0.3, 0.4) is 0 Å². The maximum atomic E-state index is 12.2. The average Bonchev–Trinajstić information content (AvgIpc) is 2.52. The predicted octanol–water partition coefficient (Wildman–Crippen LogP) is 3.68. The second-order valence-electron chi connectivity index (χ2n) is 4.63. The first-order chi connectivity index (χ1) is 10.1. The highest BCUT2D eigenvalue weighted by atomic mass is 16.5. The van der Waals surface area contributed by atoms with Gasteiger partial charge in [-0.2, -0.15) is 0 Å². The van der Waals surface area contributed by atoms with Crippen molar-refractivity contribution in [2.45, 2.75) is 6.92 Å². The smallest absolute Gasteiger partial charge is 0.337 e. The number of methoxy groups -OCH3 is 1. The Kier molecular flexibility index (Phi) is 4.67. The van der Waals surface area contributed by atoms with Gasteiger partial charge in [0.15, 0.2) is 5.78 Å². The number of hydrogen-bond acceptors (Lipinski definition) is 3. The zero-order chi connectivity index (χ0) is 15.2. The molecule has 0 unspecified atom stereocenters. The third-order valence-corrected chi connectivity index (χ3v) is 3.14. The van der Waals surface area contributed by atoms with E-state index in [0.29, 0.717) is 11.1 Å². The Morgan fingerprint density at radius 1 is 1.05 bits per heavy atom. The third-order valence-electron chi connectivity index (χ3n) is 3.14. The Bertz CT molecular complexity index is 685. The summed E-state index contributed by atoms with van der Waals surface area (Å²) < 4.78 is 4.66. The van der Waals surface area contributed by atoms with Crippen molar-refractivity contribution in [2.75, 3.05) is 7.11 Å². The topological polar surface area (TPSA) is 43.4 Å². The van der Waals surface area contributed by atoms with Gasteiger partial charge in [0, 0.05) is 5.56 Å². The van der Waals surface area contributed by atoms with Gasteiger partial charge in [-0.25, -0.2) is 4.79 Å². The van der Waals surface area contributed by atoms with Gasteiger partial charge in [0.05, 0.1) is 12.7 Å². The van der Waals surface area contributed by atoms with Crippen LogP contribution in [0.25, 0.3) is 6.08 Å². The summed E-state index contributed by atoms with van der Waals surface area (Å²) in [5, 5.41) is 0. The third kappa shape index (κ3) is 3.66. The second-order valence-corrected chi connectivity index (χ2v) is 4.63. The molecule has 3 nitrogen and oxygen atoms in total. The van der Waals surface area contributed by atoms with Gasteiger partial charge in [-0.1, -0.05) is 36.4 Å². The van der Waals surface area contributed by atoms with E-state index in [0.717, 1.165) is 11.1 Å². The van der Waals surface area contributed by atoms with Crippen molar-refractivity contribution in [3.05, 3.63) is 76.9 Å². The number of aryl methyl sites for hydroxylation is 1. The van der Waals surface area contributed by atoms with E-state index >= 15 is 0 Å². The minimum Gasteiger partial charge on any atom is -0.465 e. The van der Waals surface area contributed by atoms with E-state index in [4.69, 9.17) is 0 Å². The lowest BCUT2D eigenvalue weighted by Crippen LogP contribution is -2.04. The summed E-state index contributed by atoms with van der Waals surface area (Å²) in [6.45, 7) is 1.80. The first-order valence-corrected chi connectivity index (χ1v) is 6.58. The minimum absolute atomic E-state index is 0.0900. The van der Waals surface area contributed by atoms with Gasteiger partial charge in [-0.3, -0.25) is 4.79 Å². The Hall–Kier alpha value is -2.68. The molecule has 2 aromatic carbocycles. The number of carbonyl (C=O) groups is 2. The van der Waals surface area contributed by atoms with E-state index in [1.54, 1.807) is 31.2 Å². The fraction of sp³-hybridized carbons (Fsp3) is 0.111. The van der Waals surface area contributed by atoms with Gasteiger partial charge in [0.2, 0.25) is 0 Å². The van der Waals surface area contributed by atoms with Crippen LogP contribution in [0.2, 0.25) is 0 Å². The lowest BCUT2D eigenvalue weighted by molar-refractivity contribution is 0.0600. The van der Waals surface area contributed by atoms with Crippen LogP contribution in [0.5, 0.6) is 0 Å². The van der Waals surface area contributed by atoms with Gasteiger partial charge in [-0.05, 0) is 42.3 Å². The Labute approximate surface area is 123 Å². The molecule has 0 aliphatic rings. The zero-order valence-electron chi connectivity index (χ0n) is 12.0. The first kappa shape index (κ1) is 14.7. The van der Waals surface area contributed by atoms with Crippen molar-refractivity contribution in [3.8, 4) is 0 Å². The summed E-state index contributed by atoms with van der Waals surface area (Å²) in [5.41, 5.74) is 2.74. The van der Waals surface area contributed by atoms with Crippen molar-refractivity contribution < 1.29 is 14.3 Å². The standard InChI is InChI=1S/C18H16O3/c1-13-12-15(18(20)21-2)9-10-16(13)17(19)11-8-14-6-4-3-5-7-14/h3-12H,1-2H3/b11-8+. The van der Waals surface area contributed by atoms with E-state index < -0.39 is 5.97 Å². The van der Waals surface area contributed by atoms with Crippen molar-refractivity contribution in [1.29, 1.82) is 0 Å².